The molecule has 1 amide bonds. The van der Waals surface area contributed by atoms with Gasteiger partial charge in [-0.05, 0) is 5.56 Å². The number of hydrogen-bond donors (Lipinski definition) is 1. The van der Waals surface area contributed by atoms with E-state index in [4.69, 9.17) is 39.6 Å². The molecule has 1 N–H and O–H groups in total. The van der Waals surface area contributed by atoms with E-state index in [9.17, 15) is 4.79 Å². The SMILES string of the molecule is C#CCOCCOCCOCCOCCOCCOCCNC(=O)OCc1ccccc1. The number of carbonyl (C=O) groups is 1. The van der Waals surface area contributed by atoms with Crippen LogP contribution in [0.2, 0.25) is 0 Å². The zero-order chi connectivity index (χ0) is 23.0. The molecule has 0 saturated heterocycles. The van der Waals surface area contributed by atoms with Crippen molar-refractivity contribution in [1.29, 1.82) is 0 Å². The highest BCUT2D eigenvalue weighted by molar-refractivity contribution is 5.67. The first-order valence-corrected chi connectivity index (χ1v) is 10.7. The molecule has 9 heteroatoms. The maximum absolute atomic E-state index is 11.6. The van der Waals surface area contributed by atoms with Gasteiger partial charge in [0.05, 0.1) is 72.7 Å². The highest BCUT2D eigenvalue weighted by atomic mass is 16.6. The number of amides is 1. The van der Waals surface area contributed by atoms with Crippen LogP contribution in [0.4, 0.5) is 4.79 Å². The molecule has 1 aromatic carbocycles. The van der Waals surface area contributed by atoms with E-state index in [1.807, 2.05) is 30.3 Å². The zero-order valence-electron chi connectivity index (χ0n) is 18.6. The molecular formula is C23H35NO8. The first-order chi connectivity index (χ1) is 15.8. The van der Waals surface area contributed by atoms with Gasteiger partial charge in [-0.1, -0.05) is 36.3 Å². The first-order valence-electron chi connectivity index (χ1n) is 10.7. The molecule has 1 aromatic rings. The van der Waals surface area contributed by atoms with E-state index in [-0.39, 0.29) is 6.61 Å². The van der Waals surface area contributed by atoms with E-state index in [1.54, 1.807) is 0 Å². The topological polar surface area (TPSA) is 93.7 Å². The largest absolute Gasteiger partial charge is 0.445 e. The summed E-state index contributed by atoms with van der Waals surface area (Å²) in [6, 6.07) is 9.50. The third kappa shape index (κ3) is 18.6. The molecule has 0 fully saturated rings. The normalized spacial score (nSPS) is 10.6. The lowest BCUT2D eigenvalue weighted by atomic mass is 10.2. The molecule has 1 rings (SSSR count). The highest BCUT2D eigenvalue weighted by Gasteiger charge is 2.01. The van der Waals surface area contributed by atoms with Gasteiger partial charge < -0.3 is 38.5 Å². The maximum Gasteiger partial charge on any atom is 0.407 e. The Morgan fingerprint density at radius 1 is 0.719 bits per heavy atom. The van der Waals surface area contributed by atoms with Gasteiger partial charge in [0.1, 0.15) is 13.2 Å². The Morgan fingerprint density at radius 2 is 1.19 bits per heavy atom. The number of terminal acetylenes is 1. The number of carbonyl (C=O) groups excluding carboxylic acids is 1. The van der Waals surface area contributed by atoms with Crippen LogP contribution in [0.25, 0.3) is 0 Å². The average molecular weight is 454 g/mol. The van der Waals surface area contributed by atoms with Gasteiger partial charge in [0.2, 0.25) is 0 Å². The van der Waals surface area contributed by atoms with Crippen LogP contribution in [0.15, 0.2) is 30.3 Å². The van der Waals surface area contributed by atoms with Crippen molar-refractivity contribution in [2.24, 2.45) is 0 Å². The van der Waals surface area contributed by atoms with Crippen molar-refractivity contribution in [3.63, 3.8) is 0 Å². The number of hydrogen-bond acceptors (Lipinski definition) is 8. The van der Waals surface area contributed by atoms with Crippen LogP contribution in [0, 0.1) is 12.3 Å². The van der Waals surface area contributed by atoms with Crippen molar-refractivity contribution < 1.29 is 38.0 Å². The molecule has 0 aromatic heterocycles. The second kappa shape index (κ2) is 22.0. The lowest BCUT2D eigenvalue weighted by Gasteiger charge is -2.09. The van der Waals surface area contributed by atoms with Gasteiger partial charge in [0, 0.05) is 6.54 Å². The molecule has 0 atom stereocenters. The van der Waals surface area contributed by atoms with E-state index < -0.39 is 6.09 Å². The molecule has 180 valence electrons. The lowest BCUT2D eigenvalue weighted by Crippen LogP contribution is -2.28. The fourth-order valence-corrected chi connectivity index (χ4v) is 2.23. The summed E-state index contributed by atoms with van der Waals surface area (Å²) in [5.74, 6) is 2.39. The number of rotatable bonds is 21. The Hall–Kier alpha value is -2.19. The van der Waals surface area contributed by atoms with Crippen molar-refractivity contribution in [3.05, 3.63) is 35.9 Å². The molecular weight excluding hydrogens is 418 g/mol. The second-order valence-corrected chi connectivity index (χ2v) is 6.31. The van der Waals surface area contributed by atoms with Crippen LogP contribution in [0.1, 0.15) is 5.56 Å². The van der Waals surface area contributed by atoms with Gasteiger partial charge in [0.25, 0.3) is 0 Å². The minimum Gasteiger partial charge on any atom is -0.445 e. The number of benzene rings is 1. The molecule has 0 aliphatic rings. The Labute approximate surface area is 190 Å². The molecule has 32 heavy (non-hydrogen) atoms. The molecule has 0 bridgehead atoms. The molecule has 9 nitrogen and oxygen atoms in total. The van der Waals surface area contributed by atoms with Crippen LogP contribution in [-0.2, 0) is 39.8 Å². The van der Waals surface area contributed by atoms with E-state index in [0.717, 1.165) is 5.56 Å². The monoisotopic (exact) mass is 453 g/mol. The molecule has 0 unspecified atom stereocenters. The summed E-state index contributed by atoms with van der Waals surface area (Å²) in [6.07, 6.45) is 4.59. The van der Waals surface area contributed by atoms with E-state index >= 15 is 0 Å². The van der Waals surface area contributed by atoms with Crippen molar-refractivity contribution in [2.45, 2.75) is 6.61 Å². The number of ether oxygens (including phenoxy) is 7. The van der Waals surface area contributed by atoms with Crippen molar-refractivity contribution in [1.82, 2.24) is 5.32 Å². The summed E-state index contributed by atoms with van der Waals surface area (Å²) in [5.41, 5.74) is 0.941. The Bertz CT molecular complexity index is 593. The minimum absolute atomic E-state index is 0.244. The van der Waals surface area contributed by atoms with Crippen LogP contribution in [0.3, 0.4) is 0 Å². The predicted octanol–water partition coefficient (Wildman–Crippen LogP) is 1.65. The first kappa shape index (κ1) is 27.8. The third-order valence-electron chi connectivity index (χ3n) is 3.77. The van der Waals surface area contributed by atoms with Crippen LogP contribution >= 0.6 is 0 Å². The summed E-state index contributed by atoms with van der Waals surface area (Å²) in [5, 5.41) is 2.63. The molecule has 0 radical (unpaired) electrons. The van der Waals surface area contributed by atoms with Crippen molar-refractivity contribution in [3.8, 4) is 12.3 Å². The minimum atomic E-state index is -0.465. The maximum atomic E-state index is 11.6. The van der Waals surface area contributed by atoms with Gasteiger partial charge in [-0.25, -0.2) is 4.79 Å². The van der Waals surface area contributed by atoms with E-state index in [2.05, 4.69) is 11.2 Å². The van der Waals surface area contributed by atoms with Crippen LogP contribution in [0.5, 0.6) is 0 Å². The highest BCUT2D eigenvalue weighted by Crippen LogP contribution is 2.00. The standard InChI is InChI=1S/C23H35NO8/c1-2-9-26-11-13-28-15-17-30-19-20-31-18-16-29-14-12-27-10-8-24-23(25)32-21-22-6-4-3-5-7-22/h1,3-7H,8-21H2,(H,24,25). The van der Waals surface area contributed by atoms with Crippen LogP contribution < -0.4 is 5.32 Å². The van der Waals surface area contributed by atoms with E-state index in [0.29, 0.717) is 85.8 Å². The summed E-state index contributed by atoms with van der Waals surface area (Å²) < 4.78 is 37.0. The van der Waals surface area contributed by atoms with Gasteiger partial charge >= 0.3 is 6.09 Å². The fourth-order valence-electron chi connectivity index (χ4n) is 2.23. The Morgan fingerprint density at radius 3 is 1.69 bits per heavy atom. The molecule has 0 aliphatic carbocycles. The number of alkyl carbamates (subject to hydrolysis) is 1. The third-order valence-corrected chi connectivity index (χ3v) is 3.77. The van der Waals surface area contributed by atoms with Crippen molar-refractivity contribution in [2.75, 3.05) is 85.8 Å². The molecule has 0 aliphatic heterocycles. The van der Waals surface area contributed by atoms with Crippen LogP contribution in [-0.4, -0.2) is 91.9 Å². The number of nitrogens with one attached hydrogen (secondary N) is 1. The van der Waals surface area contributed by atoms with Crippen molar-refractivity contribution >= 4 is 6.09 Å². The smallest absolute Gasteiger partial charge is 0.407 e. The Balaban J connectivity index is 1.71. The second-order valence-electron chi connectivity index (χ2n) is 6.31. The van der Waals surface area contributed by atoms with Gasteiger partial charge in [-0.15, -0.1) is 6.42 Å². The Kier molecular flexibility index (Phi) is 19.2. The molecule has 0 saturated carbocycles. The lowest BCUT2D eigenvalue weighted by molar-refractivity contribution is -0.0153. The van der Waals surface area contributed by atoms with Gasteiger partial charge in [-0.3, -0.25) is 0 Å². The summed E-state index contributed by atoms with van der Waals surface area (Å²) in [4.78, 5) is 11.6. The average Bonchev–Trinajstić information content (AvgIpc) is 2.82. The van der Waals surface area contributed by atoms with Gasteiger partial charge in [0.15, 0.2) is 0 Å². The van der Waals surface area contributed by atoms with E-state index in [1.165, 1.54) is 0 Å². The zero-order valence-corrected chi connectivity index (χ0v) is 18.6. The quantitative estimate of drug-likeness (QED) is 0.222. The predicted molar refractivity (Wildman–Crippen MR) is 118 cm³/mol. The summed E-state index contributed by atoms with van der Waals surface area (Å²) in [6.45, 7) is 6.18. The molecule has 0 heterocycles. The summed E-state index contributed by atoms with van der Waals surface area (Å²) in [7, 11) is 0. The molecule has 0 spiro atoms. The summed E-state index contributed by atoms with van der Waals surface area (Å²) >= 11 is 0. The fraction of sp³-hybridized carbons (Fsp3) is 0.609. The van der Waals surface area contributed by atoms with Gasteiger partial charge in [-0.2, -0.15) is 0 Å².